The number of benzene rings is 2. The summed E-state index contributed by atoms with van der Waals surface area (Å²) in [4.78, 5) is 29.2. The molecule has 2 aromatic rings. The monoisotopic (exact) mass is 494 g/mol. The molecular weight excluding hydrogens is 456 g/mol. The summed E-state index contributed by atoms with van der Waals surface area (Å²) in [6, 6.07) is 13.3. The molecule has 1 aliphatic rings. The zero-order chi connectivity index (χ0) is 26.4. The third kappa shape index (κ3) is 6.26. The minimum absolute atomic E-state index is 0.00322. The summed E-state index contributed by atoms with van der Waals surface area (Å²) in [5, 5.41) is 13.6. The second-order valence-corrected chi connectivity index (χ2v) is 9.61. The molecule has 1 heterocycles. The van der Waals surface area contributed by atoms with E-state index in [0.29, 0.717) is 35.7 Å². The van der Waals surface area contributed by atoms with Crippen molar-refractivity contribution in [2.45, 2.75) is 59.8 Å². The van der Waals surface area contributed by atoms with Crippen LogP contribution in [0.1, 0.15) is 58.7 Å². The lowest BCUT2D eigenvalue weighted by Gasteiger charge is -2.28. The lowest BCUT2D eigenvalue weighted by molar-refractivity contribution is -0.895. The average molecular weight is 495 g/mol. The van der Waals surface area contributed by atoms with Crippen molar-refractivity contribution in [3.63, 3.8) is 0 Å². The van der Waals surface area contributed by atoms with E-state index in [1.54, 1.807) is 29.2 Å². The van der Waals surface area contributed by atoms with Gasteiger partial charge in [0, 0.05) is 5.57 Å². The van der Waals surface area contributed by atoms with Crippen LogP contribution in [0.5, 0.6) is 11.5 Å². The van der Waals surface area contributed by atoms with Crippen molar-refractivity contribution in [1.82, 2.24) is 4.90 Å². The lowest BCUT2D eigenvalue weighted by atomic mass is 9.95. The number of nitrogens with zero attached hydrogens (tertiary/aromatic N) is 1. The number of carbonyl (C=O) groups is 2. The third-order valence-electron chi connectivity index (χ3n) is 6.29. The van der Waals surface area contributed by atoms with Gasteiger partial charge in [0.2, 0.25) is 5.78 Å². The number of ether oxygens (including phenoxy) is 2. The van der Waals surface area contributed by atoms with Crippen molar-refractivity contribution in [2.24, 2.45) is 0 Å². The highest BCUT2D eigenvalue weighted by molar-refractivity contribution is 6.46. The fourth-order valence-electron chi connectivity index (χ4n) is 4.44. The number of likely N-dealkylation sites (tertiary alicyclic amines) is 1. The Labute approximate surface area is 214 Å². The molecule has 7 heteroatoms. The summed E-state index contributed by atoms with van der Waals surface area (Å²) in [6.07, 6.45) is 0.0221. The molecule has 36 heavy (non-hydrogen) atoms. The summed E-state index contributed by atoms with van der Waals surface area (Å²) in [5.41, 5.74) is 1.05. The second-order valence-electron chi connectivity index (χ2n) is 9.61. The number of carbonyl (C=O) groups excluding carboxylic acids is 2. The standard InChI is InChI=1S/C29H38N2O5/c1-7-30(8-2)17-18-31-26(21-9-13-23(14-10-21)35-19(3)4)25(28(33)29(31)34)27(32)22-11-15-24(16-12-22)36-20(5)6/h9-16,19-20,26,32H,7-8,17-18H2,1-6H3/b27-25+. The summed E-state index contributed by atoms with van der Waals surface area (Å²) in [5.74, 6) is -0.463. The van der Waals surface area contributed by atoms with Gasteiger partial charge in [0.1, 0.15) is 11.5 Å². The molecule has 0 spiro atoms. The molecule has 1 saturated heterocycles. The van der Waals surface area contributed by atoms with Gasteiger partial charge in [-0.1, -0.05) is 30.0 Å². The molecular formula is C29H38N2O5. The molecule has 1 amide bonds. The maximum Gasteiger partial charge on any atom is 0.295 e. The lowest BCUT2D eigenvalue weighted by Crippen LogP contribution is -3.12. The molecule has 2 aromatic carbocycles. The molecule has 194 valence electrons. The SMILES string of the molecule is CC[NH+](CC)CCN1C(=O)C(=O)/C(=C(/[O-])c2ccc(OC(C)C)cc2)C1c1ccc(OC(C)C)cc1. The molecule has 1 atom stereocenters. The van der Waals surface area contributed by atoms with Gasteiger partial charge in [0.25, 0.3) is 5.91 Å². The maximum absolute atomic E-state index is 13.6. The van der Waals surface area contributed by atoms with Gasteiger partial charge in [0.05, 0.1) is 44.4 Å². The maximum atomic E-state index is 13.6. The number of Topliss-reactive ketones (excluding diaryl/α,β-unsaturated/α-hetero) is 1. The van der Waals surface area contributed by atoms with Crippen LogP contribution in [0, 0.1) is 0 Å². The highest BCUT2D eigenvalue weighted by atomic mass is 16.5. The second kappa shape index (κ2) is 12.1. The van der Waals surface area contributed by atoms with Crippen LogP contribution >= 0.6 is 0 Å². The zero-order valence-electron chi connectivity index (χ0n) is 22.2. The first-order valence-electron chi connectivity index (χ1n) is 12.8. The smallest absolute Gasteiger partial charge is 0.295 e. The Morgan fingerprint density at radius 1 is 0.889 bits per heavy atom. The van der Waals surface area contributed by atoms with E-state index in [0.717, 1.165) is 13.1 Å². The van der Waals surface area contributed by atoms with Crippen molar-refractivity contribution >= 4 is 17.4 Å². The van der Waals surface area contributed by atoms with E-state index in [-0.39, 0.29) is 17.8 Å². The topological polar surface area (TPSA) is 83.3 Å². The van der Waals surface area contributed by atoms with Crippen LogP contribution in [0.4, 0.5) is 0 Å². The molecule has 0 aromatic heterocycles. The fourth-order valence-corrected chi connectivity index (χ4v) is 4.44. The van der Waals surface area contributed by atoms with Crippen molar-refractivity contribution in [3.8, 4) is 11.5 Å². The number of likely N-dealkylation sites (N-methyl/N-ethyl adjacent to an activating group) is 1. The van der Waals surface area contributed by atoms with Gasteiger partial charge in [-0.2, -0.15) is 0 Å². The largest absolute Gasteiger partial charge is 0.872 e. The molecule has 1 N–H and O–H groups in total. The predicted octanol–water partition coefficient (Wildman–Crippen LogP) is 2.41. The Hall–Kier alpha value is -3.32. The van der Waals surface area contributed by atoms with Crippen LogP contribution < -0.4 is 19.5 Å². The first-order valence-corrected chi connectivity index (χ1v) is 12.8. The molecule has 1 unspecified atom stereocenters. The minimum Gasteiger partial charge on any atom is -0.872 e. The Kier molecular flexibility index (Phi) is 9.15. The van der Waals surface area contributed by atoms with E-state index >= 15 is 0 Å². The van der Waals surface area contributed by atoms with Crippen molar-refractivity contribution in [1.29, 1.82) is 0 Å². The molecule has 0 bridgehead atoms. The quantitative estimate of drug-likeness (QED) is 0.295. The van der Waals surface area contributed by atoms with E-state index in [4.69, 9.17) is 9.47 Å². The van der Waals surface area contributed by atoms with Gasteiger partial charge in [-0.3, -0.25) is 9.59 Å². The van der Waals surface area contributed by atoms with E-state index in [9.17, 15) is 14.7 Å². The number of amides is 1. The number of nitrogens with one attached hydrogen (secondary N) is 1. The van der Waals surface area contributed by atoms with Gasteiger partial charge >= 0.3 is 0 Å². The normalized spacial score (nSPS) is 17.5. The van der Waals surface area contributed by atoms with Crippen molar-refractivity contribution in [2.75, 3.05) is 26.2 Å². The molecule has 7 nitrogen and oxygen atoms in total. The summed E-state index contributed by atoms with van der Waals surface area (Å²) >= 11 is 0. The first-order chi connectivity index (χ1) is 17.2. The summed E-state index contributed by atoms with van der Waals surface area (Å²) < 4.78 is 11.4. The van der Waals surface area contributed by atoms with Gasteiger partial charge < -0.3 is 24.4 Å². The van der Waals surface area contributed by atoms with Gasteiger partial charge in [-0.15, -0.1) is 0 Å². The number of quaternary nitrogens is 1. The van der Waals surface area contributed by atoms with Gasteiger partial charge in [0.15, 0.2) is 0 Å². The molecule has 1 aliphatic heterocycles. The molecule has 0 saturated carbocycles. The van der Waals surface area contributed by atoms with Crippen molar-refractivity contribution < 1.29 is 29.1 Å². The molecule has 3 rings (SSSR count). The Balaban J connectivity index is 2.04. The highest BCUT2D eigenvalue weighted by Gasteiger charge is 2.44. The van der Waals surface area contributed by atoms with Gasteiger partial charge in [-0.25, -0.2) is 0 Å². The molecule has 0 radical (unpaired) electrons. The Bertz CT molecular complexity index is 1070. The number of hydrogen-bond donors (Lipinski definition) is 1. The third-order valence-corrected chi connectivity index (χ3v) is 6.29. The van der Waals surface area contributed by atoms with E-state index in [2.05, 4.69) is 13.8 Å². The van der Waals surface area contributed by atoms with Crippen LogP contribution in [0.15, 0.2) is 54.1 Å². The molecule has 0 aliphatic carbocycles. The van der Waals surface area contributed by atoms with Crippen LogP contribution in [0.3, 0.4) is 0 Å². The average Bonchev–Trinajstić information content (AvgIpc) is 3.09. The van der Waals surface area contributed by atoms with Crippen LogP contribution in [0.25, 0.3) is 5.76 Å². The summed E-state index contributed by atoms with van der Waals surface area (Å²) in [7, 11) is 0. The van der Waals surface area contributed by atoms with E-state index in [1.807, 2.05) is 52.0 Å². The van der Waals surface area contributed by atoms with Crippen LogP contribution in [-0.4, -0.2) is 55.0 Å². The highest BCUT2D eigenvalue weighted by Crippen LogP contribution is 2.39. The first kappa shape index (κ1) is 27.3. The zero-order valence-corrected chi connectivity index (χ0v) is 22.2. The van der Waals surface area contributed by atoms with E-state index in [1.165, 1.54) is 4.90 Å². The van der Waals surface area contributed by atoms with Crippen LogP contribution in [0.2, 0.25) is 0 Å². The van der Waals surface area contributed by atoms with Crippen molar-refractivity contribution in [3.05, 3.63) is 65.2 Å². The Morgan fingerprint density at radius 3 is 1.86 bits per heavy atom. The number of ketones is 1. The predicted molar refractivity (Wildman–Crippen MR) is 138 cm³/mol. The minimum atomic E-state index is -0.743. The van der Waals surface area contributed by atoms with Gasteiger partial charge in [-0.05, 0) is 76.9 Å². The van der Waals surface area contributed by atoms with Crippen LogP contribution in [-0.2, 0) is 9.59 Å². The Morgan fingerprint density at radius 2 is 1.39 bits per heavy atom. The summed E-state index contributed by atoms with van der Waals surface area (Å²) in [6.45, 7) is 14.8. The number of rotatable bonds is 11. The molecule has 1 fully saturated rings. The fraction of sp³-hybridized carbons (Fsp3) is 0.448. The van der Waals surface area contributed by atoms with E-state index < -0.39 is 23.5 Å². The number of hydrogen-bond acceptors (Lipinski definition) is 5.